The minimum Gasteiger partial charge on any atom is -0.434 e. The van der Waals surface area contributed by atoms with Crippen LogP contribution in [0.5, 0.6) is 5.75 Å². The first-order valence-corrected chi connectivity index (χ1v) is 11.9. The lowest BCUT2D eigenvalue weighted by Gasteiger charge is -2.27. The molecule has 1 N–H and O–H groups in total. The summed E-state index contributed by atoms with van der Waals surface area (Å²) in [6, 6.07) is 10.5. The number of hydrogen-bond acceptors (Lipinski definition) is 5. The number of ether oxygens (including phenoxy) is 2. The van der Waals surface area contributed by atoms with Gasteiger partial charge in [-0.2, -0.15) is 8.78 Å². The molecule has 36 heavy (non-hydrogen) atoms. The topological polar surface area (TPSA) is 75.8 Å². The molecule has 188 valence electrons. The van der Waals surface area contributed by atoms with Crippen molar-refractivity contribution in [3.63, 3.8) is 0 Å². The lowest BCUT2D eigenvalue weighted by molar-refractivity contribution is -0.0506. The zero-order chi connectivity index (χ0) is 25.1. The lowest BCUT2D eigenvalue weighted by Crippen LogP contribution is -2.39. The van der Waals surface area contributed by atoms with Crippen molar-refractivity contribution in [2.75, 3.05) is 32.8 Å². The predicted octanol–water partition coefficient (Wildman–Crippen LogP) is 3.92. The Morgan fingerprint density at radius 3 is 2.83 bits per heavy atom. The molecule has 1 atom stereocenters. The molecule has 0 bridgehead atoms. The Kier molecular flexibility index (Phi) is 7.06. The van der Waals surface area contributed by atoms with Crippen molar-refractivity contribution in [3.05, 3.63) is 71.3 Å². The average Bonchev–Trinajstić information content (AvgIpc) is 3.28. The molecule has 2 aromatic heterocycles. The Morgan fingerprint density at radius 1 is 1.25 bits per heavy atom. The van der Waals surface area contributed by atoms with E-state index < -0.39 is 6.61 Å². The maximum atomic E-state index is 13.1. The van der Waals surface area contributed by atoms with E-state index in [1.165, 1.54) is 0 Å². The molecular formula is C26H28F2N6O2. The summed E-state index contributed by atoms with van der Waals surface area (Å²) >= 11 is 0. The first kappa shape index (κ1) is 24.1. The number of para-hydroxylation sites is 1. The van der Waals surface area contributed by atoms with E-state index in [-0.39, 0.29) is 11.8 Å². The number of nitrogens with one attached hydrogen (secondary N) is 1. The van der Waals surface area contributed by atoms with Crippen molar-refractivity contribution >= 4 is 23.9 Å². The molecule has 8 nitrogen and oxygen atoms in total. The molecule has 0 spiro atoms. The number of aliphatic imine (C=N–C) groups is 2. The molecule has 0 radical (unpaired) electrons. The van der Waals surface area contributed by atoms with Crippen LogP contribution in [-0.4, -0.2) is 66.4 Å². The number of halogens is 2. The number of guanidine groups is 1. The Labute approximate surface area is 208 Å². The zero-order valence-corrected chi connectivity index (χ0v) is 20.0. The summed E-state index contributed by atoms with van der Waals surface area (Å²) in [7, 11) is 0. The molecule has 1 aromatic carbocycles. The summed E-state index contributed by atoms with van der Waals surface area (Å²) in [4.78, 5) is 15.5. The van der Waals surface area contributed by atoms with Gasteiger partial charge in [0.2, 0.25) is 5.96 Å². The molecule has 1 unspecified atom stereocenters. The number of alkyl halides is 2. The van der Waals surface area contributed by atoms with E-state index in [9.17, 15) is 8.78 Å². The Balaban J connectivity index is 1.51. The van der Waals surface area contributed by atoms with Crippen LogP contribution >= 0.6 is 0 Å². The van der Waals surface area contributed by atoms with Crippen molar-refractivity contribution in [1.82, 2.24) is 19.6 Å². The van der Waals surface area contributed by atoms with Gasteiger partial charge in [-0.05, 0) is 43.0 Å². The smallest absolute Gasteiger partial charge is 0.387 e. The van der Waals surface area contributed by atoms with Crippen molar-refractivity contribution in [1.29, 1.82) is 0 Å². The van der Waals surface area contributed by atoms with Crippen LogP contribution in [-0.2, 0) is 11.2 Å². The average molecular weight is 495 g/mol. The summed E-state index contributed by atoms with van der Waals surface area (Å²) in [5, 5.41) is 3.46. The number of allylic oxidation sites excluding steroid dienone is 1. The summed E-state index contributed by atoms with van der Waals surface area (Å²) in [6.07, 6.45) is 4.54. The third-order valence-electron chi connectivity index (χ3n) is 6.43. The van der Waals surface area contributed by atoms with Gasteiger partial charge in [0, 0.05) is 44.0 Å². The van der Waals surface area contributed by atoms with E-state index in [1.807, 2.05) is 46.7 Å². The first-order chi connectivity index (χ1) is 17.5. The maximum absolute atomic E-state index is 13.1. The van der Waals surface area contributed by atoms with E-state index >= 15 is 0 Å². The highest BCUT2D eigenvalue weighted by molar-refractivity contribution is 5.85. The van der Waals surface area contributed by atoms with E-state index in [2.05, 4.69) is 22.0 Å². The second kappa shape index (κ2) is 10.5. The van der Waals surface area contributed by atoms with Crippen LogP contribution in [0.3, 0.4) is 0 Å². The quantitative estimate of drug-likeness (QED) is 0.430. The Morgan fingerprint density at radius 2 is 2.06 bits per heavy atom. The number of fused-ring (bicyclic) bond motifs is 3. The van der Waals surface area contributed by atoms with Gasteiger partial charge in [0.15, 0.2) is 0 Å². The number of nitrogens with zero attached hydrogens (tertiary/aromatic N) is 5. The van der Waals surface area contributed by atoms with Gasteiger partial charge in [-0.25, -0.2) is 15.0 Å². The Hall–Kier alpha value is -3.63. The first-order valence-electron chi connectivity index (χ1n) is 11.9. The molecule has 10 heteroatoms. The van der Waals surface area contributed by atoms with Gasteiger partial charge in [-0.1, -0.05) is 18.2 Å². The molecular weight excluding hydrogens is 466 g/mol. The molecule has 2 aliphatic heterocycles. The van der Waals surface area contributed by atoms with Crippen LogP contribution < -0.4 is 10.1 Å². The lowest BCUT2D eigenvalue weighted by atomic mass is 9.97. The molecule has 5 rings (SSSR count). The molecule has 1 saturated heterocycles. The van der Waals surface area contributed by atoms with Crippen molar-refractivity contribution < 1.29 is 18.3 Å². The zero-order valence-electron chi connectivity index (χ0n) is 20.0. The van der Waals surface area contributed by atoms with Crippen LogP contribution in [0.4, 0.5) is 8.78 Å². The van der Waals surface area contributed by atoms with Crippen molar-refractivity contribution in [2.24, 2.45) is 9.98 Å². The number of imidazole rings is 1. The fraction of sp³-hybridized carbons (Fsp3) is 0.346. The van der Waals surface area contributed by atoms with Crippen LogP contribution in [0, 0.1) is 0 Å². The minimum absolute atomic E-state index is 0.155. The summed E-state index contributed by atoms with van der Waals surface area (Å²) in [5.41, 5.74) is 5.20. The summed E-state index contributed by atoms with van der Waals surface area (Å²) in [6.45, 7) is 6.16. The number of aromatic nitrogens is 2. The van der Waals surface area contributed by atoms with Crippen molar-refractivity contribution in [3.8, 4) is 5.75 Å². The molecule has 4 heterocycles. The van der Waals surface area contributed by atoms with Crippen LogP contribution in [0.1, 0.15) is 35.5 Å². The number of hydrogen-bond donors (Lipinski definition) is 1. The highest BCUT2D eigenvalue weighted by Gasteiger charge is 2.29. The highest BCUT2D eigenvalue weighted by Crippen LogP contribution is 2.35. The standard InChI is InChI=1S/C26H28F2N6O2/c1-17(15-31-26(29-2)33-11-13-35-14-12-33)18-7-8-22-32-20-9-10-30-23(24(20)34(22)16-18)19-5-3-4-6-21(19)36-25(27)28/h3-8,15-16,23,25,30H,2,9-14H2,1H3/b17-15+,31-26+. The number of morpholine rings is 1. The molecule has 1 fully saturated rings. The maximum Gasteiger partial charge on any atom is 0.387 e. The summed E-state index contributed by atoms with van der Waals surface area (Å²) < 4.78 is 38.4. The highest BCUT2D eigenvalue weighted by atomic mass is 19.3. The van der Waals surface area contributed by atoms with Gasteiger partial charge < -0.3 is 24.1 Å². The molecule has 0 saturated carbocycles. The van der Waals surface area contributed by atoms with Crippen molar-refractivity contribution in [2.45, 2.75) is 26.0 Å². The molecule has 2 aliphatic rings. The van der Waals surface area contributed by atoms with Crippen LogP contribution in [0.2, 0.25) is 0 Å². The molecule has 3 aromatic rings. The predicted molar refractivity (Wildman–Crippen MR) is 135 cm³/mol. The van der Waals surface area contributed by atoms with Crippen LogP contribution in [0.15, 0.2) is 58.8 Å². The Bertz CT molecular complexity index is 1310. The van der Waals surface area contributed by atoms with Gasteiger partial charge in [0.1, 0.15) is 11.4 Å². The largest absolute Gasteiger partial charge is 0.434 e. The normalized spacial score (nSPS) is 19.0. The number of benzene rings is 1. The fourth-order valence-electron chi connectivity index (χ4n) is 4.66. The van der Waals surface area contributed by atoms with Gasteiger partial charge in [0.25, 0.3) is 0 Å². The van der Waals surface area contributed by atoms with Gasteiger partial charge in [0.05, 0.1) is 30.6 Å². The SMILES string of the molecule is C=N/C(=N\C=C(/C)c1ccc2nc3c(n2c1)C(c1ccccc1OC(F)F)NCC3)N1CCOCC1. The van der Waals surface area contributed by atoms with Gasteiger partial charge in [-0.3, -0.25) is 0 Å². The number of pyridine rings is 1. The van der Waals surface area contributed by atoms with Gasteiger partial charge >= 0.3 is 6.61 Å². The van der Waals surface area contributed by atoms with E-state index in [0.717, 1.165) is 47.7 Å². The minimum atomic E-state index is -2.90. The van der Waals surface area contributed by atoms with E-state index in [1.54, 1.807) is 18.3 Å². The second-order valence-electron chi connectivity index (χ2n) is 8.64. The summed E-state index contributed by atoms with van der Waals surface area (Å²) in [5.74, 6) is 0.723. The van der Waals surface area contributed by atoms with E-state index in [4.69, 9.17) is 14.5 Å². The number of rotatable bonds is 5. The van der Waals surface area contributed by atoms with Gasteiger partial charge in [-0.15, -0.1) is 0 Å². The molecule has 0 aliphatic carbocycles. The molecule has 0 amide bonds. The third kappa shape index (κ3) is 4.87. The monoisotopic (exact) mass is 494 g/mol. The third-order valence-corrected chi connectivity index (χ3v) is 6.43. The second-order valence-corrected chi connectivity index (χ2v) is 8.64. The van der Waals surface area contributed by atoms with E-state index in [0.29, 0.717) is 31.3 Å². The van der Waals surface area contributed by atoms with Crippen LogP contribution in [0.25, 0.3) is 11.2 Å². The fourth-order valence-corrected chi connectivity index (χ4v) is 4.66.